The van der Waals surface area contributed by atoms with Gasteiger partial charge in [-0.25, -0.2) is 4.79 Å². The van der Waals surface area contributed by atoms with E-state index in [0.29, 0.717) is 0 Å². The minimum absolute atomic E-state index is 0.273. The lowest BCUT2D eigenvalue weighted by Gasteiger charge is -2.18. The van der Waals surface area contributed by atoms with Crippen LogP contribution in [0.25, 0.3) is 0 Å². The summed E-state index contributed by atoms with van der Waals surface area (Å²) in [6.07, 6.45) is 4.15. The number of nitrogens with zero attached hydrogens (tertiary/aromatic N) is 2. The normalized spacial score (nSPS) is 19.1. The number of hydrogen-bond acceptors (Lipinski definition) is 4. The summed E-state index contributed by atoms with van der Waals surface area (Å²) in [6.45, 7) is 4.07. The molecule has 1 heterocycles. The molecule has 5 heteroatoms. The van der Waals surface area contributed by atoms with Crippen LogP contribution in [0.3, 0.4) is 0 Å². The molecule has 1 unspecified atom stereocenters. The van der Waals surface area contributed by atoms with Crippen molar-refractivity contribution in [1.29, 1.82) is 0 Å². The SMILES string of the molecule is COC(=O)C(O)C1(c2cnn(C(C)C)c2)CC1. The minimum Gasteiger partial charge on any atom is -0.467 e. The van der Waals surface area contributed by atoms with Crippen molar-refractivity contribution in [3.63, 3.8) is 0 Å². The summed E-state index contributed by atoms with van der Waals surface area (Å²) in [4.78, 5) is 11.4. The van der Waals surface area contributed by atoms with Gasteiger partial charge in [-0.1, -0.05) is 0 Å². The number of hydrogen-bond donors (Lipinski definition) is 1. The van der Waals surface area contributed by atoms with Crippen molar-refractivity contribution >= 4 is 5.97 Å². The van der Waals surface area contributed by atoms with E-state index in [1.807, 2.05) is 24.7 Å². The first-order valence-electron chi connectivity index (χ1n) is 5.82. The monoisotopic (exact) mass is 238 g/mol. The highest BCUT2D eigenvalue weighted by molar-refractivity contribution is 5.77. The lowest BCUT2D eigenvalue weighted by atomic mass is 9.92. The van der Waals surface area contributed by atoms with E-state index in [-0.39, 0.29) is 6.04 Å². The summed E-state index contributed by atoms with van der Waals surface area (Å²) in [7, 11) is 1.29. The van der Waals surface area contributed by atoms with E-state index >= 15 is 0 Å². The second-order valence-electron chi connectivity index (χ2n) is 4.88. The average molecular weight is 238 g/mol. The van der Waals surface area contributed by atoms with Crippen molar-refractivity contribution in [2.24, 2.45) is 0 Å². The van der Waals surface area contributed by atoms with Crippen LogP contribution >= 0.6 is 0 Å². The van der Waals surface area contributed by atoms with Gasteiger partial charge in [0.2, 0.25) is 0 Å². The Morgan fingerprint density at radius 3 is 2.65 bits per heavy atom. The van der Waals surface area contributed by atoms with Crippen LogP contribution in [0.2, 0.25) is 0 Å². The molecule has 2 rings (SSSR count). The summed E-state index contributed by atoms with van der Waals surface area (Å²) in [5.41, 5.74) is 0.448. The van der Waals surface area contributed by atoms with Crippen molar-refractivity contribution in [2.75, 3.05) is 7.11 Å². The van der Waals surface area contributed by atoms with Crippen LogP contribution in [0.1, 0.15) is 38.3 Å². The average Bonchev–Trinajstić information content (AvgIpc) is 2.97. The van der Waals surface area contributed by atoms with Gasteiger partial charge in [0.1, 0.15) is 0 Å². The molecule has 1 N–H and O–H groups in total. The number of ether oxygens (including phenoxy) is 1. The van der Waals surface area contributed by atoms with Crippen LogP contribution < -0.4 is 0 Å². The lowest BCUT2D eigenvalue weighted by Crippen LogP contribution is -2.34. The molecule has 1 aromatic rings. The summed E-state index contributed by atoms with van der Waals surface area (Å²) in [5, 5.41) is 14.2. The Morgan fingerprint density at radius 1 is 1.59 bits per heavy atom. The third kappa shape index (κ3) is 1.95. The molecule has 0 radical (unpaired) electrons. The fourth-order valence-electron chi connectivity index (χ4n) is 2.07. The van der Waals surface area contributed by atoms with E-state index in [1.165, 1.54) is 7.11 Å². The first-order chi connectivity index (χ1) is 8.01. The smallest absolute Gasteiger partial charge is 0.335 e. The summed E-state index contributed by atoms with van der Waals surface area (Å²) in [6, 6.07) is 0.273. The van der Waals surface area contributed by atoms with Crippen LogP contribution in [0.15, 0.2) is 12.4 Å². The number of esters is 1. The van der Waals surface area contributed by atoms with Crippen molar-refractivity contribution in [1.82, 2.24) is 9.78 Å². The quantitative estimate of drug-likeness (QED) is 0.796. The maximum Gasteiger partial charge on any atom is 0.335 e. The van der Waals surface area contributed by atoms with E-state index in [0.717, 1.165) is 18.4 Å². The van der Waals surface area contributed by atoms with Gasteiger partial charge in [0, 0.05) is 17.7 Å². The maximum atomic E-state index is 11.4. The topological polar surface area (TPSA) is 64.3 Å². The number of methoxy groups -OCH3 is 1. The molecular weight excluding hydrogens is 220 g/mol. The zero-order valence-corrected chi connectivity index (χ0v) is 10.4. The third-order valence-corrected chi connectivity index (χ3v) is 3.44. The fraction of sp³-hybridized carbons (Fsp3) is 0.667. The maximum absolute atomic E-state index is 11.4. The largest absolute Gasteiger partial charge is 0.467 e. The van der Waals surface area contributed by atoms with Gasteiger partial charge in [-0.15, -0.1) is 0 Å². The van der Waals surface area contributed by atoms with Gasteiger partial charge in [0.15, 0.2) is 6.10 Å². The van der Waals surface area contributed by atoms with Gasteiger partial charge in [0.25, 0.3) is 0 Å². The van der Waals surface area contributed by atoms with E-state index < -0.39 is 17.5 Å². The van der Waals surface area contributed by atoms with Crippen LogP contribution in [-0.4, -0.2) is 34.1 Å². The van der Waals surface area contributed by atoms with Gasteiger partial charge in [-0.3, -0.25) is 4.68 Å². The van der Waals surface area contributed by atoms with Crippen molar-refractivity contribution < 1.29 is 14.6 Å². The second-order valence-corrected chi connectivity index (χ2v) is 4.88. The molecule has 1 aromatic heterocycles. The van der Waals surface area contributed by atoms with E-state index in [2.05, 4.69) is 9.84 Å². The first kappa shape index (κ1) is 12.1. The van der Waals surface area contributed by atoms with Gasteiger partial charge >= 0.3 is 5.97 Å². The molecule has 5 nitrogen and oxygen atoms in total. The molecule has 1 aliphatic rings. The first-order valence-corrected chi connectivity index (χ1v) is 5.82. The molecular formula is C12H18N2O3. The highest BCUT2D eigenvalue weighted by atomic mass is 16.5. The van der Waals surface area contributed by atoms with E-state index in [9.17, 15) is 9.90 Å². The van der Waals surface area contributed by atoms with Gasteiger partial charge in [0.05, 0.1) is 13.3 Å². The third-order valence-electron chi connectivity index (χ3n) is 3.44. The van der Waals surface area contributed by atoms with Crippen molar-refractivity contribution in [3.8, 4) is 0 Å². The summed E-state index contributed by atoms with van der Waals surface area (Å²) < 4.78 is 6.43. The molecule has 0 saturated heterocycles. The molecule has 1 saturated carbocycles. The highest BCUT2D eigenvalue weighted by Gasteiger charge is 2.54. The number of rotatable bonds is 4. The zero-order valence-electron chi connectivity index (χ0n) is 10.4. The Bertz CT molecular complexity index is 421. The Hall–Kier alpha value is -1.36. The molecule has 1 fully saturated rings. The van der Waals surface area contributed by atoms with E-state index in [4.69, 9.17) is 0 Å². The van der Waals surface area contributed by atoms with Crippen LogP contribution in [0.5, 0.6) is 0 Å². The number of aliphatic hydroxyl groups excluding tert-OH is 1. The Morgan fingerprint density at radius 2 is 2.24 bits per heavy atom. The molecule has 1 aliphatic carbocycles. The number of aromatic nitrogens is 2. The Balaban J connectivity index is 2.23. The minimum atomic E-state index is -1.09. The van der Waals surface area contributed by atoms with Crippen LogP contribution in [0.4, 0.5) is 0 Å². The fourth-order valence-corrected chi connectivity index (χ4v) is 2.07. The highest BCUT2D eigenvalue weighted by Crippen LogP contribution is 2.51. The van der Waals surface area contributed by atoms with Crippen molar-refractivity contribution in [3.05, 3.63) is 18.0 Å². The molecule has 0 spiro atoms. The number of aliphatic hydroxyl groups is 1. The van der Waals surface area contributed by atoms with Gasteiger partial charge in [-0.2, -0.15) is 5.10 Å². The zero-order chi connectivity index (χ0) is 12.6. The van der Waals surface area contributed by atoms with Crippen molar-refractivity contribution in [2.45, 2.75) is 44.2 Å². The number of carbonyl (C=O) groups is 1. The molecule has 1 atom stereocenters. The predicted octanol–water partition coefficient (Wildman–Crippen LogP) is 1.03. The van der Waals surface area contributed by atoms with E-state index in [1.54, 1.807) is 6.20 Å². The van der Waals surface area contributed by atoms with Crippen LogP contribution in [0, 0.1) is 0 Å². The summed E-state index contributed by atoms with van der Waals surface area (Å²) >= 11 is 0. The molecule has 94 valence electrons. The number of carbonyl (C=O) groups excluding carboxylic acids is 1. The molecule has 17 heavy (non-hydrogen) atoms. The second kappa shape index (κ2) is 4.14. The molecule has 0 aromatic carbocycles. The van der Waals surface area contributed by atoms with Gasteiger partial charge in [-0.05, 0) is 32.3 Å². The molecule has 0 bridgehead atoms. The van der Waals surface area contributed by atoms with Gasteiger partial charge < -0.3 is 9.84 Å². The predicted molar refractivity (Wildman–Crippen MR) is 61.5 cm³/mol. The molecule has 0 aliphatic heterocycles. The summed E-state index contributed by atoms with van der Waals surface area (Å²) in [5.74, 6) is -0.570. The molecule has 0 amide bonds. The van der Waals surface area contributed by atoms with Crippen LogP contribution in [-0.2, 0) is 14.9 Å². The Kier molecular flexibility index (Phi) is 2.95. The lowest BCUT2D eigenvalue weighted by molar-refractivity contribution is -0.152. The standard InChI is InChI=1S/C12H18N2O3/c1-8(2)14-7-9(6-13-14)12(4-5-12)10(15)11(16)17-3/h6-8,10,15H,4-5H2,1-3H3. The Labute approximate surface area is 100 Å².